The Labute approximate surface area is 214 Å². The summed E-state index contributed by atoms with van der Waals surface area (Å²) < 4.78 is 20.2. The van der Waals surface area contributed by atoms with E-state index in [9.17, 15) is 0 Å². The van der Waals surface area contributed by atoms with Gasteiger partial charge in [-0.1, -0.05) is 56.3 Å². The largest absolute Gasteiger partial charge is 0.493 e. The van der Waals surface area contributed by atoms with Crippen LogP contribution in [-0.4, -0.2) is 23.3 Å². The molecule has 5 heteroatoms. The number of methoxy groups -OCH3 is 1. The first-order chi connectivity index (χ1) is 17.5. The van der Waals surface area contributed by atoms with E-state index in [2.05, 4.69) is 61.7 Å². The minimum atomic E-state index is 0.389. The molecule has 0 N–H and O–H groups in total. The Morgan fingerprint density at radius 1 is 0.944 bits per heavy atom. The van der Waals surface area contributed by atoms with Crippen LogP contribution < -0.4 is 14.2 Å². The van der Waals surface area contributed by atoms with E-state index >= 15 is 0 Å². The van der Waals surface area contributed by atoms with E-state index in [-0.39, 0.29) is 0 Å². The fraction of sp³-hybridized carbons (Fsp3) is 0.323. The molecule has 4 rings (SSSR count). The zero-order valence-corrected chi connectivity index (χ0v) is 22.0. The third-order valence-corrected chi connectivity index (χ3v) is 6.21. The van der Waals surface area contributed by atoms with Gasteiger partial charge in [0.1, 0.15) is 18.2 Å². The lowest BCUT2D eigenvalue weighted by Crippen LogP contribution is -2.11. The number of para-hydroxylation sites is 2. The number of ether oxygens (including phenoxy) is 3. The lowest BCUT2D eigenvalue weighted by atomic mass is 10.0. The molecule has 4 aromatic rings. The summed E-state index contributed by atoms with van der Waals surface area (Å²) >= 11 is 0. The predicted octanol–water partition coefficient (Wildman–Crippen LogP) is 7.56. The van der Waals surface area contributed by atoms with Gasteiger partial charge >= 0.3 is 0 Å². The Bertz CT molecular complexity index is 1340. The van der Waals surface area contributed by atoms with Gasteiger partial charge in [0.2, 0.25) is 0 Å². The van der Waals surface area contributed by atoms with Crippen molar-refractivity contribution in [2.45, 2.75) is 53.2 Å². The minimum absolute atomic E-state index is 0.389. The maximum absolute atomic E-state index is 6.34. The number of hydrogen-bond donors (Lipinski definition) is 0. The molecular weight excluding hydrogens is 448 g/mol. The summed E-state index contributed by atoms with van der Waals surface area (Å²) in [5, 5.41) is 0. The van der Waals surface area contributed by atoms with Gasteiger partial charge in [0.25, 0.3) is 0 Å². The molecule has 0 bridgehead atoms. The Morgan fingerprint density at radius 2 is 1.78 bits per heavy atom. The van der Waals surface area contributed by atoms with Gasteiger partial charge in [0, 0.05) is 6.54 Å². The van der Waals surface area contributed by atoms with Gasteiger partial charge in [0.15, 0.2) is 11.5 Å². The number of fused-ring (bicyclic) bond motifs is 1. The number of imidazole rings is 1. The van der Waals surface area contributed by atoms with E-state index in [0.29, 0.717) is 19.1 Å². The summed E-state index contributed by atoms with van der Waals surface area (Å²) in [6.45, 7) is 10.2. The van der Waals surface area contributed by atoms with E-state index in [4.69, 9.17) is 19.2 Å². The SMILES string of the molecule is C/C=C/c1ccc(OCCCn2c(COc3cc(C)ccc3C(C)C)nc3ccccc32)c(OC)c1. The number of aromatic nitrogens is 2. The van der Waals surface area contributed by atoms with E-state index in [1.165, 1.54) is 11.1 Å². The molecule has 0 saturated carbocycles. The van der Waals surface area contributed by atoms with Crippen LogP contribution in [-0.2, 0) is 13.2 Å². The maximum Gasteiger partial charge on any atom is 0.161 e. The third kappa shape index (κ3) is 5.91. The summed E-state index contributed by atoms with van der Waals surface area (Å²) in [5.74, 6) is 3.74. The highest BCUT2D eigenvalue weighted by Gasteiger charge is 2.14. The highest BCUT2D eigenvalue weighted by atomic mass is 16.5. The molecule has 188 valence electrons. The second-order valence-electron chi connectivity index (χ2n) is 9.27. The summed E-state index contributed by atoms with van der Waals surface area (Å²) in [6.07, 6.45) is 4.88. The van der Waals surface area contributed by atoms with Crippen LogP contribution in [0.5, 0.6) is 17.2 Å². The zero-order valence-electron chi connectivity index (χ0n) is 22.0. The van der Waals surface area contributed by atoms with Crippen LogP contribution in [0, 0.1) is 6.92 Å². The molecule has 5 nitrogen and oxygen atoms in total. The normalized spacial score (nSPS) is 11.5. The van der Waals surface area contributed by atoms with Gasteiger partial charge in [-0.25, -0.2) is 4.98 Å². The molecule has 0 saturated heterocycles. The van der Waals surface area contributed by atoms with Crippen LogP contribution in [0.1, 0.15) is 55.6 Å². The summed E-state index contributed by atoms with van der Waals surface area (Å²) in [4.78, 5) is 4.89. The Morgan fingerprint density at radius 3 is 2.56 bits per heavy atom. The second-order valence-corrected chi connectivity index (χ2v) is 9.27. The van der Waals surface area contributed by atoms with Gasteiger partial charge < -0.3 is 18.8 Å². The quantitative estimate of drug-likeness (QED) is 0.206. The summed E-state index contributed by atoms with van der Waals surface area (Å²) in [5.41, 5.74) is 5.58. The molecule has 0 unspecified atom stereocenters. The number of benzene rings is 3. The van der Waals surface area contributed by atoms with Crippen molar-refractivity contribution in [1.29, 1.82) is 0 Å². The number of rotatable bonds is 11. The van der Waals surface area contributed by atoms with Crippen molar-refractivity contribution in [3.8, 4) is 17.2 Å². The lowest BCUT2D eigenvalue weighted by Gasteiger charge is -2.16. The van der Waals surface area contributed by atoms with Crippen molar-refractivity contribution in [3.63, 3.8) is 0 Å². The molecule has 0 aliphatic rings. The molecule has 0 radical (unpaired) electrons. The average molecular weight is 485 g/mol. The van der Waals surface area contributed by atoms with Crippen molar-refractivity contribution >= 4 is 17.1 Å². The number of aryl methyl sites for hydroxylation is 2. The second kappa shape index (κ2) is 11.8. The van der Waals surface area contributed by atoms with Crippen LogP contribution in [0.3, 0.4) is 0 Å². The smallest absolute Gasteiger partial charge is 0.161 e. The molecule has 0 atom stereocenters. The van der Waals surface area contributed by atoms with Crippen molar-refractivity contribution in [2.24, 2.45) is 0 Å². The fourth-order valence-corrected chi connectivity index (χ4v) is 4.38. The van der Waals surface area contributed by atoms with Gasteiger partial charge in [0.05, 0.1) is 24.8 Å². The van der Waals surface area contributed by atoms with E-state index in [1.807, 2.05) is 43.3 Å². The van der Waals surface area contributed by atoms with E-state index in [0.717, 1.165) is 52.6 Å². The Kier molecular flexibility index (Phi) is 8.32. The highest BCUT2D eigenvalue weighted by molar-refractivity contribution is 5.75. The molecule has 3 aromatic carbocycles. The van der Waals surface area contributed by atoms with Crippen LogP contribution >= 0.6 is 0 Å². The Hall–Kier alpha value is -3.73. The monoisotopic (exact) mass is 484 g/mol. The topological polar surface area (TPSA) is 45.5 Å². The van der Waals surface area contributed by atoms with Crippen molar-refractivity contribution in [2.75, 3.05) is 13.7 Å². The molecule has 36 heavy (non-hydrogen) atoms. The van der Waals surface area contributed by atoms with Gasteiger partial charge in [-0.15, -0.1) is 0 Å². The molecular formula is C31H36N2O3. The van der Waals surface area contributed by atoms with Crippen molar-refractivity contribution < 1.29 is 14.2 Å². The van der Waals surface area contributed by atoms with Gasteiger partial charge in [-0.2, -0.15) is 0 Å². The average Bonchev–Trinajstić information content (AvgIpc) is 3.23. The first kappa shape index (κ1) is 25.4. The molecule has 0 fully saturated rings. The fourth-order valence-electron chi connectivity index (χ4n) is 4.38. The van der Waals surface area contributed by atoms with E-state index in [1.54, 1.807) is 7.11 Å². The first-order valence-corrected chi connectivity index (χ1v) is 12.6. The van der Waals surface area contributed by atoms with Crippen LogP contribution in [0.2, 0.25) is 0 Å². The minimum Gasteiger partial charge on any atom is -0.493 e. The molecule has 1 aromatic heterocycles. The summed E-state index contributed by atoms with van der Waals surface area (Å²) in [7, 11) is 1.67. The number of allylic oxidation sites excluding steroid dienone is 1. The van der Waals surface area contributed by atoms with Crippen LogP contribution in [0.25, 0.3) is 17.1 Å². The molecule has 0 aliphatic carbocycles. The third-order valence-electron chi connectivity index (χ3n) is 6.21. The summed E-state index contributed by atoms with van der Waals surface area (Å²) in [6, 6.07) is 20.6. The van der Waals surface area contributed by atoms with Crippen LogP contribution in [0.4, 0.5) is 0 Å². The number of hydrogen-bond acceptors (Lipinski definition) is 4. The van der Waals surface area contributed by atoms with Gasteiger partial charge in [-0.05, 0) is 73.2 Å². The van der Waals surface area contributed by atoms with Crippen molar-refractivity contribution in [3.05, 3.63) is 89.3 Å². The zero-order chi connectivity index (χ0) is 25.5. The number of nitrogens with zero attached hydrogens (tertiary/aromatic N) is 2. The lowest BCUT2D eigenvalue weighted by molar-refractivity contribution is 0.271. The highest BCUT2D eigenvalue weighted by Crippen LogP contribution is 2.30. The maximum atomic E-state index is 6.34. The van der Waals surface area contributed by atoms with Gasteiger partial charge in [-0.3, -0.25) is 0 Å². The molecule has 0 spiro atoms. The van der Waals surface area contributed by atoms with Crippen LogP contribution in [0.15, 0.2) is 66.7 Å². The molecule has 0 aliphatic heterocycles. The Balaban J connectivity index is 1.47. The first-order valence-electron chi connectivity index (χ1n) is 12.6. The van der Waals surface area contributed by atoms with E-state index < -0.39 is 0 Å². The molecule has 1 heterocycles. The molecule has 0 amide bonds. The van der Waals surface area contributed by atoms with Crippen molar-refractivity contribution in [1.82, 2.24) is 9.55 Å². The standard InChI is InChI=1S/C31H36N2O3/c1-6-10-24-14-16-28(30(20-24)34-5)35-18-9-17-33-27-12-8-7-11-26(27)32-31(33)21-36-29-19-23(4)13-15-25(29)22(2)3/h6-8,10-16,19-20,22H,9,17-18,21H2,1-5H3/b10-6+. The predicted molar refractivity (Wildman–Crippen MR) is 147 cm³/mol.